The normalized spacial score (nSPS) is 48.8. The van der Waals surface area contributed by atoms with Crippen LogP contribution in [0.3, 0.4) is 0 Å². The van der Waals surface area contributed by atoms with Gasteiger partial charge in [0.1, 0.15) is 0 Å². The van der Waals surface area contributed by atoms with E-state index in [4.69, 9.17) is 0 Å². The number of carbonyl (C=O) groups excluding carboxylic acids is 1. The second kappa shape index (κ2) is 2.94. The van der Waals surface area contributed by atoms with Gasteiger partial charge in [-0.15, -0.1) is 0 Å². The molecule has 2 nitrogen and oxygen atoms in total. The molecule has 0 bridgehead atoms. The van der Waals surface area contributed by atoms with Crippen LogP contribution >= 0.6 is 0 Å². The summed E-state index contributed by atoms with van der Waals surface area (Å²) in [6.45, 7) is 2.22. The van der Waals surface area contributed by atoms with E-state index in [0.29, 0.717) is 18.3 Å². The zero-order valence-electron chi connectivity index (χ0n) is 9.20. The first-order valence-electron chi connectivity index (χ1n) is 6.06. The van der Waals surface area contributed by atoms with Gasteiger partial charge in [-0.2, -0.15) is 0 Å². The molecule has 3 aliphatic rings. The summed E-state index contributed by atoms with van der Waals surface area (Å²) in [7, 11) is 0. The molecule has 0 aromatic carbocycles. The van der Waals surface area contributed by atoms with E-state index >= 15 is 0 Å². The summed E-state index contributed by atoms with van der Waals surface area (Å²) in [5.74, 6) is 1.33. The predicted molar refractivity (Wildman–Crippen MR) is 57.3 cm³/mol. The Kier molecular flexibility index (Phi) is 1.88. The number of carbonyl (C=O) groups is 1. The first-order valence-corrected chi connectivity index (χ1v) is 6.06. The molecule has 2 fully saturated rings. The second-order valence-electron chi connectivity index (χ2n) is 5.58. The van der Waals surface area contributed by atoms with Crippen LogP contribution in [0.2, 0.25) is 0 Å². The van der Waals surface area contributed by atoms with Crippen LogP contribution < -0.4 is 0 Å². The molecule has 0 aromatic rings. The van der Waals surface area contributed by atoms with Gasteiger partial charge in [-0.05, 0) is 43.6 Å². The van der Waals surface area contributed by atoms with E-state index in [-0.39, 0.29) is 17.3 Å². The zero-order chi connectivity index (χ0) is 10.6. The number of rotatable bonds is 0. The molecule has 2 heteroatoms. The number of hydrogen-bond donors (Lipinski definition) is 1. The van der Waals surface area contributed by atoms with Crippen LogP contribution in [0.4, 0.5) is 0 Å². The van der Waals surface area contributed by atoms with Crippen LogP contribution in [0.1, 0.15) is 39.0 Å². The number of hydrogen-bond acceptors (Lipinski definition) is 2. The van der Waals surface area contributed by atoms with Crippen molar-refractivity contribution >= 4 is 5.78 Å². The predicted octanol–water partition coefficient (Wildman–Crippen LogP) is 2.07. The van der Waals surface area contributed by atoms with Gasteiger partial charge >= 0.3 is 0 Å². The topological polar surface area (TPSA) is 37.3 Å². The van der Waals surface area contributed by atoms with Crippen molar-refractivity contribution in [2.75, 3.05) is 0 Å². The first kappa shape index (κ1) is 9.59. The molecule has 3 aliphatic carbocycles. The molecule has 0 aromatic heterocycles. The summed E-state index contributed by atoms with van der Waals surface area (Å²) >= 11 is 0. The minimum Gasteiger partial charge on any atom is -0.392 e. The molecule has 4 atom stereocenters. The molecule has 0 radical (unpaired) electrons. The molecule has 0 aliphatic heterocycles. The van der Waals surface area contributed by atoms with E-state index < -0.39 is 0 Å². The van der Waals surface area contributed by atoms with Gasteiger partial charge in [0.25, 0.3) is 0 Å². The summed E-state index contributed by atoms with van der Waals surface area (Å²) in [5, 5.41) is 10.2. The standard InChI is InChI=1S/C13H18O2/c1-8-7-13-9(3-2-4-12(13)15)5-10(14)6-11(8)13/h5,8,11-12,15H,2-4,6-7H2,1H3/t8?,11-,12+,13-/m1/s1. The second-order valence-corrected chi connectivity index (χ2v) is 5.58. The lowest BCUT2D eigenvalue weighted by Gasteiger charge is -2.61. The van der Waals surface area contributed by atoms with Gasteiger partial charge in [-0.3, -0.25) is 4.79 Å². The molecule has 0 heterocycles. The molecule has 82 valence electrons. The zero-order valence-corrected chi connectivity index (χ0v) is 9.20. The van der Waals surface area contributed by atoms with Crippen molar-refractivity contribution in [3.63, 3.8) is 0 Å². The number of ketones is 1. The molecule has 1 unspecified atom stereocenters. The Hall–Kier alpha value is -0.630. The third-order valence-corrected chi connectivity index (χ3v) is 4.88. The van der Waals surface area contributed by atoms with Crippen LogP contribution in [0, 0.1) is 17.3 Å². The fraction of sp³-hybridized carbons (Fsp3) is 0.769. The van der Waals surface area contributed by atoms with E-state index in [9.17, 15) is 9.90 Å². The molecule has 2 saturated carbocycles. The molecular formula is C13H18O2. The lowest BCUT2D eigenvalue weighted by molar-refractivity contribution is -0.140. The lowest BCUT2D eigenvalue weighted by Crippen LogP contribution is -2.58. The van der Waals surface area contributed by atoms with Gasteiger partial charge in [-0.25, -0.2) is 0 Å². The molecule has 0 amide bonds. The van der Waals surface area contributed by atoms with Gasteiger partial charge < -0.3 is 5.11 Å². The van der Waals surface area contributed by atoms with Crippen LogP contribution in [0.25, 0.3) is 0 Å². The molecule has 1 spiro atoms. The van der Waals surface area contributed by atoms with Crippen molar-refractivity contribution in [2.45, 2.75) is 45.1 Å². The fourth-order valence-electron chi connectivity index (χ4n) is 4.18. The molecule has 3 rings (SSSR count). The maximum absolute atomic E-state index is 11.6. The monoisotopic (exact) mass is 206 g/mol. The quantitative estimate of drug-likeness (QED) is 0.659. The van der Waals surface area contributed by atoms with Crippen molar-refractivity contribution in [1.82, 2.24) is 0 Å². The summed E-state index contributed by atoms with van der Waals surface area (Å²) in [5.41, 5.74) is 1.28. The largest absolute Gasteiger partial charge is 0.392 e. The highest BCUT2D eigenvalue weighted by Gasteiger charge is 2.60. The third-order valence-electron chi connectivity index (χ3n) is 4.88. The Morgan fingerprint density at radius 1 is 1.53 bits per heavy atom. The molecule has 15 heavy (non-hydrogen) atoms. The molecule has 0 saturated heterocycles. The summed E-state index contributed by atoms with van der Waals surface area (Å²) in [4.78, 5) is 11.6. The number of aliphatic hydroxyl groups excluding tert-OH is 1. The first-order chi connectivity index (χ1) is 7.14. The van der Waals surface area contributed by atoms with Crippen LogP contribution in [0.5, 0.6) is 0 Å². The lowest BCUT2D eigenvalue weighted by atomic mass is 9.44. The number of aliphatic hydroxyl groups is 1. The number of allylic oxidation sites excluding steroid dienone is 1. The van der Waals surface area contributed by atoms with E-state index in [1.807, 2.05) is 6.08 Å². The Balaban J connectivity index is 2.04. The third kappa shape index (κ3) is 1.06. The maximum Gasteiger partial charge on any atom is 0.155 e. The van der Waals surface area contributed by atoms with Crippen LogP contribution in [-0.4, -0.2) is 17.0 Å². The minimum atomic E-state index is -0.188. The Morgan fingerprint density at radius 3 is 3.07 bits per heavy atom. The molecular weight excluding hydrogens is 188 g/mol. The average Bonchev–Trinajstić information content (AvgIpc) is 2.19. The van der Waals surface area contributed by atoms with Crippen molar-refractivity contribution in [1.29, 1.82) is 0 Å². The highest BCUT2D eigenvalue weighted by Crippen LogP contribution is 2.64. The summed E-state index contributed by atoms with van der Waals surface area (Å²) in [6.07, 6.45) is 6.42. The van der Waals surface area contributed by atoms with Crippen LogP contribution in [-0.2, 0) is 4.79 Å². The maximum atomic E-state index is 11.6. The highest BCUT2D eigenvalue weighted by molar-refractivity contribution is 5.92. The van der Waals surface area contributed by atoms with Crippen molar-refractivity contribution in [3.8, 4) is 0 Å². The van der Waals surface area contributed by atoms with Gasteiger partial charge in [0, 0.05) is 11.8 Å². The fourth-order valence-corrected chi connectivity index (χ4v) is 4.18. The van der Waals surface area contributed by atoms with E-state index in [1.165, 1.54) is 5.57 Å². The van der Waals surface area contributed by atoms with Crippen molar-refractivity contribution < 1.29 is 9.90 Å². The Labute approximate surface area is 90.4 Å². The highest BCUT2D eigenvalue weighted by atomic mass is 16.3. The van der Waals surface area contributed by atoms with Gasteiger partial charge in [0.15, 0.2) is 5.78 Å². The smallest absolute Gasteiger partial charge is 0.155 e. The summed E-state index contributed by atoms with van der Waals surface area (Å²) in [6, 6.07) is 0. The van der Waals surface area contributed by atoms with Gasteiger partial charge in [0.2, 0.25) is 0 Å². The Morgan fingerprint density at radius 2 is 2.33 bits per heavy atom. The van der Waals surface area contributed by atoms with Crippen molar-refractivity contribution in [2.24, 2.45) is 17.3 Å². The Bertz CT molecular complexity index is 344. The van der Waals surface area contributed by atoms with Gasteiger partial charge in [0.05, 0.1) is 6.10 Å². The van der Waals surface area contributed by atoms with E-state index in [2.05, 4.69) is 6.92 Å². The SMILES string of the molecule is CC1C[C@@]23C(=CC(=O)C[C@H]12)CCC[C@@H]3O. The van der Waals surface area contributed by atoms with Gasteiger partial charge in [-0.1, -0.05) is 12.5 Å². The minimum absolute atomic E-state index is 0.0194. The molecule has 1 N–H and O–H groups in total. The summed E-state index contributed by atoms with van der Waals surface area (Å²) < 4.78 is 0. The van der Waals surface area contributed by atoms with Crippen molar-refractivity contribution in [3.05, 3.63) is 11.6 Å². The van der Waals surface area contributed by atoms with E-state index in [0.717, 1.165) is 25.7 Å². The van der Waals surface area contributed by atoms with Crippen LogP contribution in [0.15, 0.2) is 11.6 Å². The van der Waals surface area contributed by atoms with E-state index in [1.54, 1.807) is 0 Å². The average molecular weight is 206 g/mol.